The van der Waals surface area contributed by atoms with Crippen molar-refractivity contribution >= 4 is 23.2 Å². The molecule has 0 fully saturated rings. The predicted octanol–water partition coefficient (Wildman–Crippen LogP) is 2.79. The molecule has 3 aromatic rings. The fourth-order valence-corrected chi connectivity index (χ4v) is 3.80. The molecule has 10 nitrogen and oxygen atoms in total. The smallest absolute Gasteiger partial charge is 0.378 e. The Labute approximate surface area is 221 Å². The van der Waals surface area contributed by atoms with E-state index in [1.807, 2.05) is 0 Å². The van der Waals surface area contributed by atoms with E-state index in [1.165, 1.54) is 42.2 Å². The first-order chi connectivity index (χ1) is 17.9. The van der Waals surface area contributed by atoms with Crippen molar-refractivity contribution in [1.82, 2.24) is 24.6 Å². The zero-order valence-corrected chi connectivity index (χ0v) is 21.3. The molecule has 0 saturated heterocycles. The van der Waals surface area contributed by atoms with E-state index in [9.17, 15) is 23.1 Å². The van der Waals surface area contributed by atoms with Crippen molar-refractivity contribution in [1.29, 1.82) is 0 Å². The van der Waals surface area contributed by atoms with Gasteiger partial charge >= 0.3 is 6.18 Å². The average molecular weight is 554 g/mol. The maximum absolute atomic E-state index is 13.6. The molecule has 1 aromatic carbocycles. The summed E-state index contributed by atoms with van der Waals surface area (Å²) in [5.74, 6) is 1.86. The summed E-state index contributed by atoms with van der Waals surface area (Å²) in [6.07, 6.45) is 1.44. The number of aliphatic hydroxyl groups excluding tert-OH is 1. The van der Waals surface area contributed by atoms with E-state index in [2.05, 4.69) is 26.6 Å². The lowest BCUT2D eigenvalue weighted by Crippen LogP contribution is -2.29. The highest BCUT2D eigenvalue weighted by Gasteiger charge is 2.38. The molecule has 204 valence electrons. The molecular formula is C24H27ClF3N7O3. The molecular weight excluding hydrogens is 527 g/mol. The number of rotatable bonds is 11. The van der Waals surface area contributed by atoms with Gasteiger partial charge in [-0.05, 0) is 25.1 Å². The van der Waals surface area contributed by atoms with Gasteiger partial charge in [0.25, 0.3) is 5.91 Å². The Morgan fingerprint density at radius 1 is 1.39 bits per heavy atom. The first kappa shape index (κ1) is 29.0. The molecule has 14 heteroatoms. The molecule has 2 aromatic heterocycles. The van der Waals surface area contributed by atoms with E-state index in [4.69, 9.17) is 28.5 Å². The zero-order chi connectivity index (χ0) is 28.0. The number of benzene rings is 1. The Morgan fingerprint density at radius 2 is 2.13 bits per heavy atom. The number of nitrogens with zero attached hydrogens (tertiary/aromatic N) is 4. The summed E-state index contributed by atoms with van der Waals surface area (Å²) in [5.41, 5.74) is 4.87. The Balaban J connectivity index is 1.72. The number of anilines is 1. The van der Waals surface area contributed by atoms with Gasteiger partial charge in [0.05, 0.1) is 41.3 Å². The second-order valence-electron chi connectivity index (χ2n) is 8.40. The summed E-state index contributed by atoms with van der Waals surface area (Å²) >= 11 is 6.26. The highest BCUT2D eigenvalue weighted by atomic mass is 35.5. The van der Waals surface area contributed by atoms with Gasteiger partial charge in [0, 0.05) is 31.5 Å². The van der Waals surface area contributed by atoms with Crippen LogP contribution in [0.1, 0.15) is 35.0 Å². The molecule has 38 heavy (non-hydrogen) atoms. The highest BCUT2D eigenvalue weighted by Crippen LogP contribution is 2.36. The van der Waals surface area contributed by atoms with Crippen LogP contribution in [-0.2, 0) is 24.5 Å². The van der Waals surface area contributed by atoms with E-state index < -0.39 is 24.0 Å². The van der Waals surface area contributed by atoms with Crippen LogP contribution >= 0.6 is 11.6 Å². The number of amides is 1. The fourth-order valence-electron chi connectivity index (χ4n) is 3.53. The number of terminal acetylenes is 1. The molecule has 1 unspecified atom stereocenters. The van der Waals surface area contributed by atoms with Crippen molar-refractivity contribution in [2.75, 3.05) is 25.1 Å². The molecule has 0 saturated carbocycles. The number of hydrogen-bond donors (Lipinski definition) is 4. The zero-order valence-electron chi connectivity index (χ0n) is 20.6. The summed E-state index contributed by atoms with van der Waals surface area (Å²) in [6, 6.07) is 4.31. The Morgan fingerprint density at radius 3 is 2.76 bits per heavy atom. The lowest BCUT2D eigenvalue weighted by Gasteiger charge is -2.16. The third-order valence-corrected chi connectivity index (χ3v) is 5.57. The van der Waals surface area contributed by atoms with Crippen LogP contribution < -0.4 is 16.4 Å². The SMILES string of the molecule is C#CCn1cc(-c2cnc(C(O)Nc3ccc(C(=O)NCCOC[C@H](C)N)c(Cl)c3)n2C)c(C(F)(F)F)n1. The van der Waals surface area contributed by atoms with Crippen LogP contribution in [0.3, 0.4) is 0 Å². The van der Waals surface area contributed by atoms with Crippen molar-refractivity contribution in [3.63, 3.8) is 0 Å². The minimum atomic E-state index is -4.72. The molecule has 0 aliphatic carbocycles. The normalized spacial score (nSPS) is 13.1. The number of alkyl halides is 3. The molecule has 3 rings (SSSR count). The molecule has 0 radical (unpaired) electrons. The molecule has 2 atom stereocenters. The van der Waals surface area contributed by atoms with E-state index >= 15 is 0 Å². The molecule has 1 amide bonds. The van der Waals surface area contributed by atoms with Gasteiger partial charge in [-0.1, -0.05) is 17.5 Å². The minimum Gasteiger partial charge on any atom is -0.378 e. The summed E-state index contributed by atoms with van der Waals surface area (Å²) in [7, 11) is 1.46. The number of nitrogens with two attached hydrogens (primary N) is 1. The molecule has 2 heterocycles. The van der Waals surface area contributed by atoms with Crippen molar-refractivity contribution in [3.8, 4) is 23.6 Å². The van der Waals surface area contributed by atoms with Crippen molar-refractivity contribution < 1.29 is 27.8 Å². The van der Waals surface area contributed by atoms with E-state index in [-0.39, 0.29) is 53.4 Å². The van der Waals surface area contributed by atoms with E-state index in [1.54, 1.807) is 6.92 Å². The third kappa shape index (κ3) is 7.05. The summed E-state index contributed by atoms with van der Waals surface area (Å²) in [6.45, 7) is 2.58. The van der Waals surface area contributed by atoms with Gasteiger partial charge in [-0.3, -0.25) is 9.48 Å². The third-order valence-electron chi connectivity index (χ3n) is 5.26. The van der Waals surface area contributed by atoms with Gasteiger partial charge in [0.2, 0.25) is 0 Å². The molecule has 0 bridgehead atoms. The van der Waals surface area contributed by atoms with Crippen molar-refractivity contribution in [2.45, 2.75) is 31.9 Å². The van der Waals surface area contributed by atoms with Gasteiger partial charge in [-0.15, -0.1) is 6.42 Å². The Bertz CT molecular complexity index is 1310. The van der Waals surface area contributed by atoms with Crippen LogP contribution in [0.2, 0.25) is 5.02 Å². The van der Waals surface area contributed by atoms with Gasteiger partial charge in [-0.2, -0.15) is 18.3 Å². The summed E-state index contributed by atoms with van der Waals surface area (Å²) in [4.78, 5) is 16.5. The maximum atomic E-state index is 13.6. The molecule has 0 spiro atoms. The number of nitrogens with one attached hydrogen (secondary N) is 2. The van der Waals surface area contributed by atoms with Crippen LogP contribution in [0, 0.1) is 12.3 Å². The number of aromatic nitrogens is 4. The summed E-state index contributed by atoms with van der Waals surface area (Å²) < 4.78 is 48.3. The lowest BCUT2D eigenvalue weighted by molar-refractivity contribution is -0.141. The summed E-state index contributed by atoms with van der Waals surface area (Å²) in [5, 5.41) is 19.8. The number of carbonyl (C=O) groups is 1. The van der Waals surface area contributed by atoms with E-state index in [0.29, 0.717) is 12.3 Å². The number of halogens is 4. The molecule has 0 aliphatic heterocycles. The number of hydrogen-bond acceptors (Lipinski definition) is 7. The van der Waals surface area contributed by atoms with Gasteiger partial charge in [0.1, 0.15) is 6.54 Å². The van der Waals surface area contributed by atoms with Crippen molar-refractivity contribution in [3.05, 3.63) is 52.7 Å². The van der Waals surface area contributed by atoms with Crippen LogP contribution in [0.5, 0.6) is 0 Å². The first-order valence-electron chi connectivity index (χ1n) is 11.4. The maximum Gasteiger partial charge on any atom is 0.435 e. The second kappa shape index (κ2) is 12.3. The van der Waals surface area contributed by atoms with Gasteiger partial charge < -0.3 is 30.8 Å². The van der Waals surface area contributed by atoms with Gasteiger partial charge in [0.15, 0.2) is 17.7 Å². The first-order valence-corrected chi connectivity index (χ1v) is 11.8. The number of imidazole rings is 1. The van der Waals surface area contributed by atoms with Crippen LogP contribution in [0.4, 0.5) is 18.9 Å². The predicted molar refractivity (Wildman–Crippen MR) is 135 cm³/mol. The Hall–Kier alpha value is -3.57. The Kier molecular flexibility index (Phi) is 9.40. The van der Waals surface area contributed by atoms with Crippen LogP contribution in [0.15, 0.2) is 30.6 Å². The van der Waals surface area contributed by atoms with Crippen molar-refractivity contribution in [2.24, 2.45) is 12.8 Å². The number of aliphatic hydroxyl groups is 1. The average Bonchev–Trinajstić information content (AvgIpc) is 3.42. The standard InChI is InChI=1S/C24H27ClF3N7O3/c1-4-8-35-12-17(20(33-35)24(26,27)28)19-11-31-21(34(19)3)23(37)32-15-5-6-16(18(25)10-15)22(36)30-7-9-38-13-14(2)29/h1,5-6,10-12,14,23,32,37H,7-9,13,29H2,2-3H3,(H,30,36)/t14-,23?/m0/s1. The monoisotopic (exact) mass is 553 g/mol. The quantitative estimate of drug-likeness (QED) is 0.163. The largest absolute Gasteiger partial charge is 0.435 e. The fraction of sp³-hybridized carbons (Fsp3) is 0.375. The minimum absolute atomic E-state index is 0.0302. The number of carbonyl (C=O) groups excluding carboxylic acids is 1. The second-order valence-corrected chi connectivity index (χ2v) is 8.81. The van der Waals surface area contributed by atoms with Crippen LogP contribution in [-0.4, -0.2) is 56.1 Å². The van der Waals surface area contributed by atoms with Crippen LogP contribution in [0.25, 0.3) is 11.3 Å². The molecule has 5 N–H and O–H groups in total. The highest BCUT2D eigenvalue weighted by molar-refractivity contribution is 6.34. The lowest BCUT2D eigenvalue weighted by atomic mass is 10.2. The molecule has 0 aliphatic rings. The topological polar surface area (TPSA) is 132 Å². The van der Waals surface area contributed by atoms with E-state index in [0.717, 1.165) is 4.68 Å². The van der Waals surface area contributed by atoms with Gasteiger partial charge in [-0.25, -0.2) is 4.98 Å². The number of ether oxygens (including phenoxy) is 1.